The summed E-state index contributed by atoms with van der Waals surface area (Å²) in [5.74, 6) is -0.0875. The molecule has 0 radical (unpaired) electrons. The van der Waals surface area contributed by atoms with Crippen LogP contribution in [-0.4, -0.2) is 25.1 Å². The number of esters is 1. The van der Waals surface area contributed by atoms with Crippen molar-refractivity contribution in [3.63, 3.8) is 0 Å². The number of benzene rings is 2. The molecule has 3 rings (SSSR count). The molecule has 2 aromatic carbocycles. The number of hydrogen-bond acceptors (Lipinski definition) is 4. The molecular weight excluding hydrogens is 366 g/mol. The fraction of sp³-hybridized carbons (Fsp3) is 0.417. The summed E-state index contributed by atoms with van der Waals surface area (Å²) >= 11 is 0. The number of amides is 1. The van der Waals surface area contributed by atoms with Gasteiger partial charge in [0.05, 0.1) is 13.0 Å². The smallest absolute Gasteiger partial charge is 0.309 e. The highest BCUT2D eigenvalue weighted by Gasteiger charge is 2.14. The van der Waals surface area contributed by atoms with Gasteiger partial charge in [-0.15, -0.1) is 0 Å². The predicted molar refractivity (Wildman–Crippen MR) is 113 cm³/mol. The summed E-state index contributed by atoms with van der Waals surface area (Å²) in [5, 5.41) is 2.78. The number of rotatable bonds is 7. The van der Waals surface area contributed by atoms with Crippen molar-refractivity contribution < 1.29 is 19.1 Å². The topological polar surface area (TPSA) is 64.6 Å². The van der Waals surface area contributed by atoms with Gasteiger partial charge in [-0.2, -0.15) is 0 Å². The Morgan fingerprint density at radius 3 is 2.45 bits per heavy atom. The first-order chi connectivity index (χ1) is 13.8. The number of anilines is 1. The molecule has 0 unspecified atom stereocenters. The lowest BCUT2D eigenvalue weighted by molar-refractivity contribution is -0.147. The largest absolute Gasteiger partial charge is 0.493 e. The summed E-state index contributed by atoms with van der Waals surface area (Å²) in [6.07, 6.45) is 3.40. The molecule has 2 aromatic rings. The van der Waals surface area contributed by atoms with Gasteiger partial charge in [0.2, 0.25) is 0 Å². The van der Waals surface area contributed by atoms with Gasteiger partial charge in [-0.05, 0) is 65.6 Å². The average molecular weight is 395 g/mol. The van der Waals surface area contributed by atoms with Crippen molar-refractivity contribution in [3.05, 3.63) is 59.2 Å². The lowest BCUT2D eigenvalue weighted by Gasteiger charge is -2.19. The van der Waals surface area contributed by atoms with Crippen molar-refractivity contribution in [2.75, 3.05) is 18.5 Å². The van der Waals surface area contributed by atoms with E-state index in [4.69, 9.17) is 9.47 Å². The standard InChI is InChI=1S/C24H29NO4/c1-24(2,3)19-8-11-21(12-9-19)28-14-13-23(27)29-16-22(26)25-20-10-7-17-5-4-6-18(17)15-20/h7-12,15H,4-6,13-14,16H2,1-3H3,(H,25,26). The number of hydrogen-bond donors (Lipinski definition) is 1. The van der Waals surface area contributed by atoms with Crippen LogP contribution in [0.1, 0.15) is 50.3 Å². The zero-order chi connectivity index (χ0) is 20.9. The maximum absolute atomic E-state index is 12.0. The van der Waals surface area contributed by atoms with Gasteiger partial charge < -0.3 is 14.8 Å². The van der Waals surface area contributed by atoms with Crippen LogP contribution in [0.4, 0.5) is 5.69 Å². The minimum atomic E-state index is -0.458. The van der Waals surface area contributed by atoms with E-state index in [9.17, 15) is 9.59 Å². The van der Waals surface area contributed by atoms with Crippen molar-refractivity contribution in [2.24, 2.45) is 0 Å². The Kier molecular flexibility index (Phi) is 6.57. The van der Waals surface area contributed by atoms with E-state index in [1.807, 2.05) is 36.4 Å². The Hall–Kier alpha value is -2.82. The van der Waals surface area contributed by atoms with Crippen LogP contribution in [0.5, 0.6) is 5.75 Å². The van der Waals surface area contributed by atoms with Crippen molar-refractivity contribution >= 4 is 17.6 Å². The molecule has 0 aromatic heterocycles. The SMILES string of the molecule is CC(C)(C)c1ccc(OCCC(=O)OCC(=O)Nc2ccc3c(c2)CCC3)cc1. The molecule has 0 aliphatic heterocycles. The first-order valence-electron chi connectivity index (χ1n) is 10.1. The van der Waals surface area contributed by atoms with Gasteiger partial charge in [0, 0.05) is 5.69 Å². The van der Waals surface area contributed by atoms with E-state index in [-0.39, 0.29) is 31.0 Å². The number of ether oxygens (including phenoxy) is 2. The van der Waals surface area contributed by atoms with Crippen LogP contribution in [0.25, 0.3) is 0 Å². The third kappa shape index (κ3) is 6.08. The molecule has 0 saturated heterocycles. The van der Waals surface area contributed by atoms with Crippen LogP contribution in [0, 0.1) is 0 Å². The van der Waals surface area contributed by atoms with Gasteiger partial charge in [-0.25, -0.2) is 0 Å². The molecule has 0 spiro atoms. The number of fused-ring (bicyclic) bond motifs is 1. The highest BCUT2D eigenvalue weighted by molar-refractivity contribution is 5.92. The highest BCUT2D eigenvalue weighted by Crippen LogP contribution is 2.25. The zero-order valence-electron chi connectivity index (χ0n) is 17.4. The molecule has 29 heavy (non-hydrogen) atoms. The summed E-state index contributed by atoms with van der Waals surface area (Å²) in [6, 6.07) is 13.8. The van der Waals surface area contributed by atoms with Crippen LogP contribution in [0.3, 0.4) is 0 Å². The second-order valence-corrected chi connectivity index (χ2v) is 8.42. The molecule has 5 heteroatoms. The summed E-state index contributed by atoms with van der Waals surface area (Å²) in [4.78, 5) is 23.9. The molecule has 154 valence electrons. The summed E-state index contributed by atoms with van der Waals surface area (Å²) in [5.41, 5.74) is 4.69. The van der Waals surface area contributed by atoms with Crippen molar-refractivity contribution in [1.29, 1.82) is 0 Å². The van der Waals surface area contributed by atoms with E-state index in [0.29, 0.717) is 5.75 Å². The molecule has 0 fully saturated rings. The monoisotopic (exact) mass is 395 g/mol. The van der Waals surface area contributed by atoms with Gasteiger partial charge in [-0.1, -0.05) is 39.0 Å². The van der Waals surface area contributed by atoms with E-state index >= 15 is 0 Å². The third-order valence-electron chi connectivity index (χ3n) is 5.04. The number of carbonyl (C=O) groups is 2. The third-order valence-corrected chi connectivity index (χ3v) is 5.04. The van der Waals surface area contributed by atoms with Crippen molar-refractivity contribution in [2.45, 2.75) is 51.9 Å². The van der Waals surface area contributed by atoms with E-state index in [1.165, 1.54) is 16.7 Å². The van der Waals surface area contributed by atoms with Crippen molar-refractivity contribution in [3.8, 4) is 5.75 Å². The van der Waals surface area contributed by atoms with Gasteiger partial charge >= 0.3 is 5.97 Å². The molecule has 0 atom stereocenters. The first kappa shape index (κ1) is 20.9. The molecule has 1 N–H and O–H groups in total. The minimum Gasteiger partial charge on any atom is -0.493 e. The number of carbonyl (C=O) groups excluding carboxylic acids is 2. The fourth-order valence-electron chi connectivity index (χ4n) is 3.37. The van der Waals surface area contributed by atoms with Crippen LogP contribution in [0.2, 0.25) is 0 Å². The van der Waals surface area contributed by atoms with Crippen molar-refractivity contribution in [1.82, 2.24) is 0 Å². The molecule has 1 aliphatic rings. The van der Waals surface area contributed by atoms with Gasteiger partial charge in [-0.3, -0.25) is 9.59 Å². The van der Waals surface area contributed by atoms with Gasteiger partial charge in [0.15, 0.2) is 6.61 Å². The molecule has 0 bridgehead atoms. The van der Waals surface area contributed by atoms with E-state index in [0.717, 1.165) is 24.9 Å². The van der Waals surface area contributed by atoms with Gasteiger partial charge in [0.25, 0.3) is 5.91 Å². The summed E-state index contributed by atoms with van der Waals surface area (Å²) in [7, 11) is 0. The maximum atomic E-state index is 12.0. The zero-order valence-corrected chi connectivity index (χ0v) is 17.4. The lowest BCUT2D eigenvalue weighted by atomic mass is 9.87. The highest BCUT2D eigenvalue weighted by atomic mass is 16.5. The molecular formula is C24H29NO4. The summed E-state index contributed by atoms with van der Waals surface area (Å²) < 4.78 is 10.6. The van der Waals surface area contributed by atoms with E-state index < -0.39 is 5.97 Å². The quantitative estimate of drug-likeness (QED) is 0.705. The Morgan fingerprint density at radius 1 is 1.00 bits per heavy atom. The summed E-state index contributed by atoms with van der Waals surface area (Å²) in [6.45, 7) is 6.37. The van der Waals surface area contributed by atoms with Gasteiger partial charge in [0.1, 0.15) is 5.75 Å². The van der Waals surface area contributed by atoms with E-state index in [1.54, 1.807) is 0 Å². The molecule has 0 heterocycles. The van der Waals surface area contributed by atoms with Crippen LogP contribution in [-0.2, 0) is 32.6 Å². The van der Waals surface area contributed by atoms with E-state index in [2.05, 4.69) is 32.2 Å². The normalized spacial score (nSPS) is 12.9. The number of nitrogens with one attached hydrogen (secondary N) is 1. The maximum Gasteiger partial charge on any atom is 0.309 e. The molecule has 1 amide bonds. The predicted octanol–water partition coefficient (Wildman–Crippen LogP) is 4.42. The molecule has 5 nitrogen and oxygen atoms in total. The molecule has 0 saturated carbocycles. The fourth-order valence-corrected chi connectivity index (χ4v) is 3.37. The number of aryl methyl sites for hydroxylation is 2. The van der Waals surface area contributed by atoms with Crippen LogP contribution < -0.4 is 10.1 Å². The Balaban J connectivity index is 1.36. The lowest BCUT2D eigenvalue weighted by Crippen LogP contribution is -2.21. The van der Waals surface area contributed by atoms with Crippen LogP contribution >= 0.6 is 0 Å². The van der Waals surface area contributed by atoms with Crippen LogP contribution in [0.15, 0.2) is 42.5 Å². The Bertz CT molecular complexity index is 865. The second kappa shape index (κ2) is 9.12. The second-order valence-electron chi connectivity index (χ2n) is 8.42. The average Bonchev–Trinajstić information content (AvgIpc) is 3.14. The molecule has 1 aliphatic carbocycles. The Labute approximate surface area is 172 Å². The minimum absolute atomic E-state index is 0.0860. The Morgan fingerprint density at radius 2 is 1.72 bits per heavy atom. The first-order valence-corrected chi connectivity index (χ1v) is 10.1.